The predicted octanol–water partition coefficient (Wildman–Crippen LogP) is 7.52. The van der Waals surface area contributed by atoms with Crippen LogP contribution in [-0.4, -0.2) is 67.5 Å². The summed E-state index contributed by atoms with van der Waals surface area (Å²) < 4.78 is 45.0. The normalized spacial score (nSPS) is 13.9. The van der Waals surface area contributed by atoms with Gasteiger partial charge in [-0.15, -0.1) is 5.11 Å². The molecule has 0 spiro atoms. The Bertz CT molecular complexity index is 2180. The van der Waals surface area contributed by atoms with E-state index in [1.165, 1.54) is 38.1 Å². The summed E-state index contributed by atoms with van der Waals surface area (Å²) in [5.74, 6) is -2.97. The van der Waals surface area contributed by atoms with Crippen LogP contribution < -0.4 is 10.3 Å². The number of sulfonamides is 1. The first-order valence-electron chi connectivity index (χ1n) is 19.3. The Morgan fingerprint density at radius 2 is 1.56 bits per heavy atom. The summed E-state index contributed by atoms with van der Waals surface area (Å²) in [5.41, 5.74) is -3.96. The number of azo groups is 1. The molecule has 0 aliphatic rings. The fourth-order valence-corrected chi connectivity index (χ4v) is 7.60. The molecule has 320 valence electrons. The maximum atomic E-state index is 13.4. The third kappa shape index (κ3) is 12.8. The maximum absolute atomic E-state index is 13.4. The van der Waals surface area contributed by atoms with Gasteiger partial charge >= 0.3 is 17.9 Å². The lowest BCUT2D eigenvalue weighted by Crippen LogP contribution is -2.43. The number of rotatable bonds is 23. The number of hydrogen-bond donors (Lipinski definition) is 3. The fourth-order valence-electron chi connectivity index (χ4n) is 6.53. The van der Waals surface area contributed by atoms with E-state index >= 15 is 0 Å². The number of nitrogens with zero attached hydrogens (tertiary/aromatic N) is 4. The number of benzene rings is 2. The molecule has 1 aromatic heterocycles. The average molecular weight is 838 g/mol. The molecule has 0 amide bonds. The van der Waals surface area contributed by atoms with Crippen LogP contribution in [0.1, 0.15) is 84.8 Å². The number of ether oxygens (including phenoxy) is 3. The van der Waals surface area contributed by atoms with Crippen molar-refractivity contribution in [2.24, 2.45) is 26.5 Å². The van der Waals surface area contributed by atoms with Crippen LogP contribution in [-0.2, 0) is 51.8 Å². The van der Waals surface area contributed by atoms with Gasteiger partial charge in [-0.25, -0.2) is 18.0 Å². The van der Waals surface area contributed by atoms with Gasteiger partial charge < -0.3 is 24.4 Å². The highest BCUT2D eigenvalue weighted by Crippen LogP contribution is 2.45. The molecule has 17 heteroatoms. The largest absolute Gasteiger partial charge is 0.503 e. The van der Waals surface area contributed by atoms with Crippen LogP contribution in [0.3, 0.4) is 0 Å². The second-order valence-electron chi connectivity index (χ2n) is 15.5. The smallest absolute Gasteiger partial charge is 0.312 e. The standard InChI is InChI=1S/C42H55N5O11S/c1-9-11-21-44-59(54,55)32-19-17-31(18-20-32)45-46-34-29(3)33(43-8)35(48)47(36(34)49)22-23-56-24-25-57-38(52)40(4,5)27-42(7,37(50)51)28-41(6,10-2)39(53)58-26-30-15-13-12-14-16-30/h12-20,44,48H,9-11,21-28H2,1-7H3,(H,50,51)/t41-,42-/m1/s1. The molecule has 0 aliphatic heterocycles. The number of carboxylic acids is 1. The van der Waals surface area contributed by atoms with E-state index in [9.17, 15) is 37.8 Å². The van der Waals surface area contributed by atoms with E-state index in [1.54, 1.807) is 27.7 Å². The summed E-state index contributed by atoms with van der Waals surface area (Å²) in [6.45, 7) is 18.7. The number of aromatic hydroxyl groups is 1. The van der Waals surface area contributed by atoms with Crippen LogP contribution >= 0.6 is 0 Å². The molecule has 0 saturated carbocycles. The molecule has 0 unspecified atom stereocenters. The molecule has 0 radical (unpaired) electrons. The van der Waals surface area contributed by atoms with E-state index in [1.807, 2.05) is 37.3 Å². The first-order chi connectivity index (χ1) is 27.7. The first kappa shape index (κ1) is 47.9. The molecular formula is C42H55N5O11S. The van der Waals surface area contributed by atoms with Crippen LogP contribution in [0.15, 0.2) is 74.5 Å². The SMILES string of the molecule is [C-]#[N+]c1c(C)c(N=Nc2ccc(S(=O)(=O)NCCCC)cc2)c(=O)n(CCOCCOC(=O)C(C)(C)C[C@](C)(C[C@@](C)(CC)C(=O)OCc2ccccc2)C(=O)O)c1O. The van der Waals surface area contributed by atoms with Gasteiger partial charge in [-0.05, 0) is 95.7 Å². The molecule has 2 aromatic carbocycles. The van der Waals surface area contributed by atoms with Crippen molar-refractivity contribution in [3.05, 3.63) is 87.5 Å². The summed E-state index contributed by atoms with van der Waals surface area (Å²) >= 11 is 0. The van der Waals surface area contributed by atoms with Gasteiger partial charge in [0.25, 0.3) is 5.56 Å². The third-order valence-corrected chi connectivity index (χ3v) is 11.5. The molecule has 3 aromatic rings. The van der Waals surface area contributed by atoms with Crippen LogP contribution in [0.25, 0.3) is 4.85 Å². The minimum absolute atomic E-state index is 0.0381. The Hall–Kier alpha value is -5.44. The molecule has 16 nitrogen and oxygen atoms in total. The Balaban J connectivity index is 1.61. The fraction of sp³-hybridized carbons (Fsp3) is 0.500. The number of aliphatic carboxylic acids is 1. The van der Waals surface area contributed by atoms with Gasteiger partial charge in [-0.1, -0.05) is 50.6 Å². The van der Waals surface area contributed by atoms with Gasteiger partial charge in [0.1, 0.15) is 18.9 Å². The zero-order valence-corrected chi connectivity index (χ0v) is 35.6. The summed E-state index contributed by atoms with van der Waals surface area (Å²) in [7, 11) is -3.71. The van der Waals surface area contributed by atoms with Crippen molar-refractivity contribution < 1.29 is 47.2 Å². The molecule has 0 saturated heterocycles. The van der Waals surface area contributed by atoms with E-state index < -0.39 is 55.6 Å². The molecule has 59 heavy (non-hydrogen) atoms. The number of unbranched alkanes of at least 4 members (excludes halogenated alkanes) is 1. The topological polar surface area (TPSA) is 217 Å². The Labute approximate surface area is 345 Å². The van der Waals surface area contributed by atoms with E-state index in [0.717, 1.165) is 16.6 Å². The number of hydrogen-bond acceptors (Lipinski definition) is 12. The maximum Gasteiger partial charge on any atom is 0.312 e. The van der Waals surface area contributed by atoms with Gasteiger partial charge in [-0.2, -0.15) is 5.11 Å². The number of carbonyl (C=O) groups excluding carboxylic acids is 2. The van der Waals surface area contributed by atoms with E-state index in [2.05, 4.69) is 19.8 Å². The van der Waals surface area contributed by atoms with E-state index in [-0.39, 0.29) is 73.3 Å². The molecule has 2 atom stereocenters. The predicted molar refractivity (Wildman–Crippen MR) is 219 cm³/mol. The summed E-state index contributed by atoms with van der Waals surface area (Å²) in [5, 5.41) is 29.2. The monoisotopic (exact) mass is 837 g/mol. The molecule has 3 N–H and O–H groups in total. The van der Waals surface area contributed by atoms with Crippen molar-refractivity contribution in [2.45, 2.75) is 98.6 Å². The minimum atomic E-state index is -3.71. The van der Waals surface area contributed by atoms with Gasteiger partial charge in [0.15, 0.2) is 5.88 Å². The molecule has 0 fully saturated rings. The van der Waals surface area contributed by atoms with Crippen molar-refractivity contribution in [3.63, 3.8) is 0 Å². The number of carbonyl (C=O) groups is 3. The third-order valence-electron chi connectivity index (χ3n) is 10.1. The van der Waals surface area contributed by atoms with Gasteiger partial charge in [-0.3, -0.25) is 23.7 Å². The van der Waals surface area contributed by atoms with Crippen molar-refractivity contribution in [3.8, 4) is 5.88 Å². The quantitative estimate of drug-likeness (QED) is 0.0367. The molecule has 1 heterocycles. The van der Waals surface area contributed by atoms with Crippen LogP contribution in [0.2, 0.25) is 0 Å². The van der Waals surface area contributed by atoms with Crippen LogP contribution in [0.5, 0.6) is 5.88 Å². The lowest BCUT2D eigenvalue weighted by atomic mass is 9.65. The number of carboxylic acid groups (broad SMARTS) is 1. The summed E-state index contributed by atoms with van der Waals surface area (Å²) in [4.78, 5) is 55.9. The second kappa shape index (κ2) is 21.0. The lowest BCUT2D eigenvalue weighted by molar-refractivity contribution is -0.166. The summed E-state index contributed by atoms with van der Waals surface area (Å²) in [6.07, 6.45) is 1.61. The van der Waals surface area contributed by atoms with Gasteiger partial charge in [0, 0.05) is 6.54 Å². The second-order valence-corrected chi connectivity index (χ2v) is 17.3. The number of nitrogens with one attached hydrogen (secondary N) is 1. The van der Waals surface area contributed by atoms with Crippen molar-refractivity contribution in [2.75, 3.05) is 26.4 Å². The Morgan fingerprint density at radius 1 is 0.898 bits per heavy atom. The molecular weight excluding hydrogens is 783 g/mol. The van der Waals surface area contributed by atoms with Gasteiger partial charge in [0.05, 0.1) is 53.2 Å². The van der Waals surface area contributed by atoms with Gasteiger partial charge in [0.2, 0.25) is 15.7 Å². The Morgan fingerprint density at radius 3 is 2.15 bits per heavy atom. The molecule has 0 aliphatic carbocycles. The molecule has 3 rings (SSSR count). The van der Waals surface area contributed by atoms with E-state index in [0.29, 0.717) is 19.4 Å². The highest BCUT2D eigenvalue weighted by atomic mass is 32.2. The number of aromatic nitrogens is 1. The highest BCUT2D eigenvalue weighted by molar-refractivity contribution is 7.89. The lowest BCUT2D eigenvalue weighted by Gasteiger charge is -2.38. The zero-order valence-electron chi connectivity index (χ0n) is 34.7. The Kier molecular flexibility index (Phi) is 17.1. The number of pyridine rings is 1. The van der Waals surface area contributed by atoms with Crippen molar-refractivity contribution in [1.82, 2.24) is 9.29 Å². The van der Waals surface area contributed by atoms with Crippen molar-refractivity contribution in [1.29, 1.82) is 0 Å². The van der Waals surface area contributed by atoms with E-state index in [4.69, 9.17) is 20.8 Å². The van der Waals surface area contributed by atoms with Crippen LogP contribution in [0.4, 0.5) is 17.1 Å². The van der Waals surface area contributed by atoms with Crippen LogP contribution in [0, 0.1) is 29.7 Å². The first-order valence-corrected chi connectivity index (χ1v) is 20.8. The minimum Gasteiger partial charge on any atom is -0.503 e. The zero-order chi connectivity index (χ0) is 44.0. The van der Waals surface area contributed by atoms with Crippen molar-refractivity contribution >= 4 is 45.0 Å². The summed E-state index contributed by atoms with van der Waals surface area (Å²) in [6, 6.07) is 14.7. The average Bonchev–Trinajstić information content (AvgIpc) is 3.19. The highest BCUT2D eigenvalue weighted by Gasteiger charge is 2.49. The number of esters is 2. The molecule has 0 bridgehead atoms.